The molecule has 0 radical (unpaired) electrons. The van der Waals surface area contributed by atoms with Gasteiger partial charge in [0.1, 0.15) is 0 Å². The second-order valence-corrected chi connectivity index (χ2v) is 5.19. The summed E-state index contributed by atoms with van der Waals surface area (Å²) in [5, 5.41) is 8.84. The average molecular weight is 313 g/mol. The van der Waals surface area contributed by atoms with Gasteiger partial charge in [-0.25, -0.2) is 0 Å². The second kappa shape index (κ2) is 4.81. The van der Waals surface area contributed by atoms with Gasteiger partial charge in [-0.3, -0.25) is 4.40 Å². The Kier molecular flexibility index (Phi) is 2.87. The predicted molar refractivity (Wildman–Crippen MR) is 80.9 cm³/mol. The molecule has 4 aromatic rings. The topological polar surface area (TPSA) is 30.2 Å². The summed E-state index contributed by atoms with van der Waals surface area (Å²) in [6, 6.07) is 16.8. The maximum absolute atomic E-state index is 13.0. The molecule has 0 aliphatic carbocycles. The van der Waals surface area contributed by atoms with E-state index < -0.39 is 12.0 Å². The lowest BCUT2D eigenvalue weighted by Crippen LogP contribution is -2.10. The number of hydrogen-bond acceptors (Lipinski definition) is 2. The third kappa shape index (κ3) is 2.23. The zero-order valence-corrected chi connectivity index (χ0v) is 11.7. The molecular formula is C17H10F3N3. The van der Waals surface area contributed by atoms with Crippen LogP contribution in [0.15, 0.2) is 60.8 Å². The number of alkyl halides is 3. The van der Waals surface area contributed by atoms with E-state index in [-0.39, 0.29) is 5.65 Å². The lowest BCUT2D eigenvalue weighted by molar-refractivity contribution is -0.145. The number of rotatable bonds is 1. The van der Waals surface area contributed by atoms with Crippen molar-refractivity contribution in [2.45, 2.75) is 6.18 Å². The fraction of sp³-hybridized carbons (Fsp3) is 0.0588. The maximum atomic E-state index is 13.0. The Bertz CT molecular complexity index is 1010. The Morgan fingerprint density at radius 3 is 2.43 bits per heavy atom. The highest BCUT2D eigenvalue weighted by molar-refractivity contribution is 5.96. The molecule has 3 nitrogen and oxygen atoms in total. The van der Waals surface area contributed by atoms with Crippen LogP contribution in [0.3, 0.4) is 0 Å². The molecule has 23 heavy (non-hydrogen) atoms. The Balaban J connectivity index is 1.98. The normalized spacial score (nSPS) is 12.1. The highest BCUT2D eigenvalue weighted by Gasteiger charge is 2.36. The van der Waals surface area contributed by atoms with Gasteiger partial charge in [0, 0.05) is 6.20 Å². The van der Waals surface area contributed by atoms with Crippen molar-refractivity contribution in [1.29, 1.82) is 0 Å². The third-order valence-corrected chi connectivity index (χ3v) is 3.76. The lowest BCUT2D eigenvalue weighted by atomic mass is 9.99. The van der Waals surface area contributed by atoms with Gasteiger partial charge in [-0.2, -0.15) is 13.2 Å². The van der Waals surface area contributed by atoms with Gasteiger partial charge in [-0.1, -0.05) is 42.5 Å². The van der Waals surface area contributed by atoms with Crippen molar-refractivity contribution in [1.82, 2.24) is 14.6 Å². The number of hydrogen-bond donors (Lipinski definition) is 0. The standard InChI is InChI=1S/C17H10F3N3/c18-17(19,20)16-22-21-15-9-8-12(10-23(15)16)14-7-3-5-11-4-1-2-6-13(11)14/h1-10H. The summed E-state index contributed by atoms with van der Waals surface area (Å²) < 4.78 is 40.0. The predicted octanol–water partition coefficient (Wildman–Crippen LogP) is 4.57. The van der Waals surface area contributed by atoms with Crippen molar-refractivity contribution in [3.63, 3.8) is 0 Å². The van der Waals surface area contributed by atoms with Crippen LogP contribution in [0, 0.1) is 0 Å². The van der Waals surface area contributed by atoms with E-state index in [0.717, 1.165) is 20.7 Å². The first-order chi connectivity index (χ1) is 11.0. The van der Waals surface area contributed by atoms with Crippen molar-refractivity contribution in [3.8, 4) is 11.1 Å². The smallest absolute Gasteiger partial charge is 0.278 e. The van der Waals surface area contributed by atoms with Crippen LogP contribution in [-0.4, -0.2) is 14.6 Å². The molecule has 0 aliphatic heterocycles. The summed E-state index contributed by atoms with van der Waals surface area (Å²) in [5.41, 5.74) is 1.72. The number of aromatic nitrogens is 3. The Morgan fingerprint density at radius 1 is 0.826 bits per heavy atom. The molecule has 0 bridgehead atoms. The first kappa shape index (κ1) is 13.8. The average Bonchev–Trinajstić information content (AvgIpc) is 2.97. The van der Waals surface area contributed by atoms with E-state index in [4.69, 9.17) is 0 Å². The van der Waals surface area contributed by atoms with Crippen LogP contribution < -0.4 is 0 Å². The number of fused-ring (bicyclic) bond motifs is 2. The van der Waals surface area contributed by atoms with Crippen LogP contribution in [0.25, 0.3) is 27.5 Å². The van der Waals surface area contributed by atoms with Gasteiger partial charge in [-0.05, 0) is 34.0 Å². The zero-order chi connectivity index (χ0) is 16.0. The van der Waals surface area contributed by atoms with Crippen molar-refractivity contribution in [2.24, 2.45) is 0 Å². The van der Waals surface area contributed by atoms with Gasteiger partial charge in [0.15, 0.2) is 5.65 Å². The molecule has 6 heteroatoms. The lowest BCUT2D eigenvalue weighted by Gasteiger charge is -2.09. The van der Waals surface area contributed by atoms with Crippen LogP contribution in [0.1, 0.15) is 5.82 Å². The molecule has 2 heterocycles. The van der Waals surface area contributed by atoms with Gasteiger partial charge >= 0.3 is 6.18 Å². The molecule has 114 valence electrons. The van der Waals surface area contributed by atoms with E-state index in [9.17, 15) is 13.2 Å². The number of nitrogens with zero attached hydrogens (tertiary/aromatic N) is 3. The molecule has 0 unspecified atom stereocenters. The largest absolute Gasteiger partial charge is 0.452 e. The minimum atomic E-state index is -4.54. The number of benzene rings is 2. The molecule has 2 aromatic heterocycles. The first-order valence-corrected chi connectivity index (χ1v) is 6.94. The summed E-state index contributed by atoms with van der Waals surface area (Å²) in [7, 11) is 0. The number of pyridine rings is 1. The fourth-order valence-corrected chi connectivity index (χ4v) is 2.72. The van der Waals surface area contributed by atoms with Gasteiger partial charge in [0.2, 0.25) is 5.82 Å². The van der Waals surface area contributed by atoms with Crippen LogP contribution in [0.2, 0.25) is 0 Å². The molecule has 0 aliphatic rings. The fourth-order valence-electron chi connectivity index (χ4n) is 2.72. The Hall–Kier alpha value is -2.89. The summed E-state index contributed by atoms with van der Waals surface area (Å²) in [6.07, 6.45) is -3.11. The molecular weight excluding hydrogens is 303 g/mol. The van der Waals surface area contributed by atoms with Crippen molar-refractivity contribution in [3.05, 3.63) is 66.6 Å². The molecule has 0 atom stereocenters. The summed E-state index contributed by atoms with van der Waals surface area (Å²) >= 11 is 0. The second-order valence-electron chi connectivity index (χ2n) is 5.19. The molecule has 0 amide bonds. The summed E-state index contributed by atoms with van der Waals surface area (Å²) in [5.74, 6) is -1.02. The van der Waals surface area contributed by atoms with Gasteiger partial charge < -0.3 is 0 Å². The van der Waals surface area contributed by atoms with Crippen LogP contribution in [-0.2, 0) is 6.18 Å². The van der Waals surface area contributed by atoms with Crippen molar-refractivity contribution < 1.29 is 13.2 Å². The highest BCUT2D eigenvalue weighted by atomic mass is 19.4. The van der Waals surface area contributed by atoms with Crippen molar-refractivity contribution >= 4 is 16.4 Å². The minimum absolute atomic E-state index is 0.168. The van der Waals surface area contributed by atoms with Crippen LogP contribution >= 0.6 is 0 Å². The third-order valence-electron chi connectivity index (χ3n) is 3.76. The van der Waals surface area contributed by atoms with E-state index in [0.29, 0.717) is 5.56 Å². The number of halogens is 3. The first-order valence-electron chi connectivity index (χ1n) is 6.94. The van der Waals surface area contributed by atoms with Crippen LogP contribution in [0.4, 0.5) is 13.2 Å². The Labute approximate surface area is 129 Å². The molecule has 0 N–H and O–H groups in total. The van der Waals surface area contributed by atoms with Crippen LogP contribution in [0.5, 0.6) is 0 Å². The van der Waals surface area contributed by atoms with Gasteiger partial charge in [0.25, 0.3) is 0 Å². The molecule has 0 saturated carbocycles. The van der Waals surface area contributed by atoms with E-state index in [1.54, 1.807) is 12.1 Å². The van der Waals surface area contributed by atoms with Gasteiger partial charge in [0.05, 0.1) is 0 Å². The summed E-state index contributed by atoms with van der Waals surface area (Å²) in [4.78, 5) is 0. The SMILES string of the molecule is FC(F)(F)c1nnc2ccc(-c3cccc4ccccc34)cn12. The van der Waals surface area contributed by atoms with Gasteiger partial charge in [-0.15, -0.1) is 10.2 Å². The minimum Gasteiger partial charge on any atom is -0.278 e. The van der Waals surface area contributed by atoms with E-state index in [1.165, 1.54) is 6.20 Å². The maximum Gasteiger partial charge on any atom is 0.452 e. The molecule has 0 saturated heterocycles. The van der Waals surface area contributed by atoms with Crippen molar-refractivity contribution in [2.75, 3.05) is 0 Å². The van der Waals surface area contributed by atoms with E-state index in [1.807, 2.05) is 42.5 Å². The summed E-state index contributed by atoms with van der Waals surface area (Å²) in [6.45, 7) is 0. The molecule has 4 rings (SSSR count). The highest BCUT2D eigenvalue weighted by Crippen LogP contribution is 2.31. The van der Waals surface area contributed by atoms with E-state index in [2.05, 4.69) is 10.2 Å². The monoisotopic (exact) mass is 313 g/mol. The zero-order valence-electron chi connectivity index (χ0n) is 11.7. The molecule has 0 fully saturated rings. The quantitative estimate of drug-likeness (QED) is 0.515. The molecule has 0 spiro atoms. The van der Waals surface area contributed by atoms with E-state index >= 15 is 0 Å². The Morgan fingerprint density at radius 2 is 1.61 bits per heavy atom. The molecule has 2 aromatic carbocycles.